The molecule has 0 saturated heterocycles. The van der Waals surface area contributed by atoms with E-state index in [0.29, 0.717) is 10.7 Å². The molecule has 0 aliphatic rings. The fraction of sp³-hybridized carbons (Fsp3) is 0.0833. The van der Waals surface area contributed by atoms with E-state index in [9.17, 15) is 8.42 Å². The molecule has 4 nitrogen and oxygen atoms in total. The fourth-order valence-corrected chi connectivity index (χ4v) is 3.05. The molecule has 2 rings (SSSR count). The van der Waals surface area contributed by atoms with Crippen LogP contribution in [0.15, 0.2) is 39.7 Å². The Hall–Kier alpha value is -0.820. The smallest absolute Gasteiger partial charge is 0.263 e. The van der Waals surface area contributed by atoms with Gasteiger partial charge in [-0.15, -0.1) is 0 Å². The summed E-state index contributed by atoms with van der Waals surface area (Å²) < 4.78 is 27.6. The van der Waals surface area contributed by atoms with Gasteiger partial charge in [-0.25, -0.2) is 13.4 Å². The van der Waals surface area contributed by atoms with Crippen LogP contribution in [0.3, 0.4) is 0 Å². The Morgan fingerprint density at radius 3 is 2.45 bits per heavy atom. The highest BCUT2D eigenvalue weighted by atomic mass is 79.9. The molecule has 0 saturated carbocycles. The Morgan fingerprint density at radius 1 is 1.15 bits per heavy atom. The van der Waals surface area contributed by atoms with E-state index in [1.54, 1.807) is 19.1 Å². The average molecular weight is 396 g/mol. The number of anilines is 1. The van der Waals surface area contributed by atoms with Crippen molar-refractivity contribution in [3.8, 4) is 0 Å². The minimum absolute atomic E-state index is 0.0225. The molecule has 0 aliphatic heterocycles. The van der Waals surface area contributed by atoms with Crippen LogP contribution in [0.4, 0.5) is 5.82 Å². The molecule has 8 heteroatoms. The number of aryl methyl sites for hydroxylation is 1. The quantitative estimate of drug-likeness (QED) is 0.844. The lowest BCUT2D eigenvalue weighted by molar-refractivity contribution is 0.601. The maximum absolute atomic E-state index is 12.2. The number of nitrogens with one attached hydrogen (secondary N) is 1. The SMILES string of the molecule is Cc1nc(NS(=O)(=O)c2ccc(Cl)c(Cl)c2)ccc1Br. The summed E-state index contributed by atoms with van der Waals surface area (Å²) in [5.41, 5.74) is 0.680. The first kappa shape index (κ1) is 15.6. The third-order valence-electron chi connectivity index (χ3n) is 2.46. The zero-order chi connectivity index (χ0) is 14.9. The lowest BCUT2D eigenvalue weighted by atomic mass is 10.4. The number of benzene rings is 1. The van der Waals surface area contributed by atoms with E-state index < -0.39 is 10.0 Å². The Morgan fingerprint density at radius 2 is 1.85 bits per heavy atom. The molecule has 2 aromatic rings. The highest BCUT2D eigenvalue weighted by molar-refractivity contribution is 9.10. The predicted octanol–water partition coefficient (Wildman–Crippen LogP) is 4.26. The molecule has 20 heavy (non-hydrogen) atoms. The van der Waals surface area contributed by atoms with Crippen LogP contribution in [0.5, 0.6) is 0 Å². The number of sulfonamides is 1. The summed E-state index contributed by atoms with van der Waals surface area (Å²) >= 11 is 14.9. The van der Waals surface area contributed by atoms with E-state index in [-0.39, 0.29) is 15.7 Å². The Kier molecular flexibility index (Phi) is 4.59. The molecule has 0 radical (unpaired) electrons. The first-order chi connectivity index (χ1) is 9.29. The maximum atomic E-state index is 12.2. The van der Waals surface area contributed by atoms with Crippen molar-refractivity contribution in [1.29, 1.82) is 0 Å². The van der Waals surface area contributed by atoms with E-state index in [0.717, 1.165) is 4.47 Å². The fourth-order valence-electron chi connectivity index (χ4n) is 1.44. The van der Waals surface area contributed by atoms with E-state index in [4.69, 9.17) is 23.2 Å². The first-order valence-corrected chi connectivity index (χ1v) is 8.44. The van der Waals surface area contributed by atoms with E-state index in [2.05, 4.69) is 25.6 Å². The van der Waals surface area contributed by atoms with Crippen LogP contribution < -0.4 is 4.72 Å². The summed E-state index contributed by atoms with van der Waals surface area (Å²) in [7, 11) is -3.75. The second-order valence-electron chi connectivity index (χ2n) is 3.95. The van der Waals surface area contributed by atoms with Gasteiger partial charge in [-0.05, 0) is 53.2 Å². The number of hydrogen-bond donors (Lipinski definition) is 1. The van der Waals surface area contributed by atoms with Crippen LogP contribution in [0.2, 0.25) is 10.0 Å². The third-order valence-corrected chi connectivity index (χ3v) is 5.39. The van der Waals surface area contributed by atoms with Gasteiger partial charge in [0.25, 0.3) is 10.0 Å². The van der Waals surface area contributed by atoms with Gasteiger partial charge < -0.3 is 0 Å². The summed E-state index contributed by atoms with van der Waals surface area (Å²) in [5, 5.41) is 0.470. The Bertz CT molecular complexity index is 766. The molecule has 0 bridgehead atoms. The van der Waals surface area contributed by atoms with Gasteiger partial charge in [0.2, 0.25) is 0 Å². The molecule has 106 valence electrons. The van der Waals surface area contributed by atoms with Crippen LogP contribution in [-0.4, -0.2) is 13.4 Å². The number of rotatable bonds is 3. The second kappa shape index (κ2) is 5.89. The number of hydrogen-bond acceptors (Lipinski definition) is 3. The molecule has 0 amide bonds. The molecule has 0 spiro atoms. The molecular formula is C12H9BrCl2N2O2S. The highest BCUT2D eigenvalue weighted by Gasteiger charge is 2.16. The van der Waals surface area contributed by atoms with Crippen LogP contribution in [-0.2, 0) is 10.0 Å². The Balaban J connectivity index is 2.35. The van der Waals surface area contributed by atoms with Gasteiger partial charge in [0.05, 0.1) is 20.6 Å². The minimum Gasteiger partial charge on any atom is -0.263 e. The molecule has 0 fully saturated rings. The van der Waals surface area contributed by atoms with Crippen LogP contribution in [0.1, 0.15) is 5.69 Å². The van der Waals surface area contributed by atoms with Crippen molar-refractivity contribution in [1.82, 2.24) is 4.98 Å². The highest BCUT2D eigenvalue weighted by Crippen LogP contribution is 2.26. The van der Waals surface area contributed by atoms with Gasteiger partial charge in [-0.3, -0.25) is 4.72 Å². The van der Waals surface area contributed by atoms with Crippen molar-refractivity contribution in [2.24, 2.45) is 0 Å². The summed E-state index contributed by atoms with van der Waals surface area (Å²) in [6.07, 6.45) is 0. The maximum Gasteiger partial charge on any atom is 0.263 e. The monoisotopic (exact) mass is 394 g/mol. The first-order valence-electron chi connectivity index (χ1n) is 5.40. The van der Waals surface area contributed by atoms with E-state index >= 15 is 0 Å². The molecule has 1 aromatic heterocycles. The standard InChI is InChI=1S/C12H9BrCl2N2O2S/c1-7-9(13)3-5-12(16-7)17-20(18,19)8-2-4-10(14)11(15)6-8/h2-6H,1H3,(H,16,17). The number of halogens is 3. The van der Waals surface area contributed by atoms with Crippen molar-refractivity contribution in [3.63, 3.8) is 0 Å². The zero-order valence-electron chi connectivity index (χ0n) is 10.2. The minimum atomic E-state index is -3.75. The third kappa shape index (κ3) is 3.44. The van der Waals surface area contributed by atoms with Gasteiger partial charge in [-0.1, -0.05) is 23.2 Å². The molecular weight excluding hydrogens is 387 g/mol. The van der Waals surface area contributed by atoms with Crippen molar-refractivity contribution >= 4 is 55.0 Å². The summed E-state index contributed by atoms with van der Waals surface area (Å²) in [6.45, 7) is 1.76. The Labute approximate surface area is 135 Å². The van der Waals surface area contributed by atoms with Crippen LogP contribution in [0.25, 0.3) is 0 Å². The molecule has 0 unspecified atom stereocenters. The zero-order valence-corrected chi connectivity index (χ0v) is 14.1. The predicted molar refractivity (Wildman–Crippen MR) is 83.9 cm³/mol. The van der Waals surface area contributed by atoms with Crippen molar-refractivity contribution in [2.45, 2.75) is 11.8 Å². The lowest BCUT2D eigenvalue weighted by Crippen LogP contribution is -2.14. The van der Waals surface area contributed by atoms with Gasteiger partial charge in [0, 0.05) is 4.47 Å². The van der Waals surface area contributed by atoms with Crippen LogP contribution >= 0.6 is 39.1 Å². The van der Waals surface area contributed by atoms with Gasteiger partial charge in [0.1, 0.15) is 5.82 Å². The molecule has 1 heterocycles. The van der Waals surface area contributed by atoms with Gasteiger partial charge in [-0.2, -0.15) is 0 Å². The average Bonchev–Trinajstić information content (AvgIpc) is 2.37. The van der Waals surface area contributed by atoms with Crippen molar-refractivity contribution in [3.05, 3.63) is 50.5 Å². The van der Waals surface area contributed by atoms with Crippen molar-refractivity contribution in [2.75, 3.05) is 4.72 Å². The molecule has 1 N–H and O–H groups in total. The largest absolute Gasteiger partial charge is 0.263 e. The van der Waals surface area contributed by atoms with E-state index in [1.807, 2.05) is 0 Å². The normalized spacial score (nSPS) is 11.4. The van der Waals surface area contributed by atoms with E-state index in [1.165, 1.54) is 18.2 Å². The molecule has 0 atom stereocenters. The summed E-state index contributed by atoms with van der Waals surface area (Å²) in [5.74, 6) is 0.233. The number of nitrogens with zero attached hydrogens (tertiary/aromatic N) is 1. The van der Waals surface area contributed by atoms with Crippen molar-refractivity contribution < 1.29 is 8.42 Å². The number of pyridine rings is 1. The topological polar surface area (TPSA) is 59.1 Å². The molecule has 0 aliphatic carbocycles. The summed E-state index contributed by atoms with van der Waals surface area (Å²) in [6, 6.07) is 7.38. The second-order valence-corrected chi connectivity index (χ2v) is 7.30. The molecule has 1 aromatic carbocycles. The van der Waals surface area contributed by atoms with Gasteiger partial charge in [0.15, 0.2) is 0 Å². The number of aromatic nitrogens is 1. The lowest BCUT2D eigenvalue weighted by Gasteiger charge is -2.09. The van der Waals surface area contributed by atoms with Crippen LogP contribution in [0, 0.1) is 6.92 Å². The van der Waals surface area contributed by atoms with Gasteiger partial charge >= 0.3 is 0 Å². The summed E-state index contributed by atoms with van der Waals surface area (Å²) in [4.78, 5) is 4.15.